The number of rotatable bonds is 36. The molecule has 2 aliphatic rings. The van der Waals surface area contributed by atoms with Gasteiger partial charge in [0.25, 0.3) is 0 Å². The Morgan fingerprint density at radius 3 is 1.87 bits per heavy atom. The maximum absolute atomic E-state index is 14.1. The van der Waals surface area contributed by atoms with Crippen LogP contribution in [0.5, 0.6) is 5.75 Å². The number of primary amides is 2. The molecule has 0 spiro atoms. The third kappa shape index (κ3) is 27.9. The van der Waals surface area contributed by atoms with E-state index in [0.717, 1.165) is 33.1 Å². The van der Waals surface area contributed by atoms with Gasteiger partial charge in [-0.05, 0) is 73.8 Å². The van der Waals surface area contributed by atoms with E-state index in [1.165, 1.54) is 31.3 Å². The molecule has 0 unspecified atom stereocenters. The van der Waals surface area contributed by atoms with E-state index in [1.54, 1.807) is 25.3 Å². The van der Waals surface area contributed by atoms with Crippen molar-refractivity contribution in [1.82, 2.24) is 63.8 Å². The number of aromatic hydroxyl groups is 1. The molecule has 1 aliphatic heterocycles. The topological polar surface area (TPSA) is 486 Å². The molecular formula is C59H89N15O15. The van der Waals surface area contributed by atoms with Gasteiger partial charge in [0.1, 0.15) is 54.1 Å². The van der Waals surface area contributed by atoms with Crippen molar-refractivity contribution >= 4 is 76.9 Å². The Labute approximate surface area is 516 Å². The zero-order chi connectivity index (χ0) is 66.2. The summed E-state index contributed by atoms with van der Waals surface area (Å²) >= 11 is 0. The van der Waals surface area contributed by atoms with Crippen LogP contribution >= 0.6 is 0 Å². The number of carboxylic acid groups (broad SMARTS) is 1. The van der Waals surface area contributed by atoms with Crippen LogP contribution in [0.3, 0.4) is 0 Å². The van der Waals surface area contributed by atoms with E-state index in [-0.39, 0.29) is 62.7 Å². The summed E-state index contributed by atoms with van der Waals surface area (Å²) in [5.41, 5.74) is 12.8. The lowest BCUT2D eigenvalue weighted by Crippen LogP contribution is -2.61. The third-order valence-corrected chi connectivity index (χ3v) is 14.4. The molecule has 0 saturated heterocycles. The number of allylic oxidation sites excluding steroid dienone is 4. The van der Waals surface area contributed by atoms with Gasteiger partial charge in [0.15, 0.2) is 5.96 Å². The highest BCUT2D eigenvalue weighted by Crippen LogP contribution is 2.28. The molecule has 1 fully saturated rings. The molecule has 3 rings (SSSR count). The van der Waals surface area contributed by atoms with E-state index >= 15 is 0 Å². The number of aliphatic hydroxyl groups excluding tert-OH is 1. The number of amides is 11. The number of carbonyl (C=O) groups is 12. The van der Waals surface area contributed by atoms with Crippen LogP contribution in [0.2, 0.25) is 0 Å². The van der Waals surface area contributed by atoms with Crippen LogP contribution < -0.4 is 75.3 Å². The largest absolute Gasteiger partial charge is 0.508 e. The number of hydrogen-bond acceptors (Lipinski definition) is 16. The van der Waals surface area contributed by atoms with E-state index in [2.05, 4.69) is 70.4 Å². The van der Waals surface area contributed by atoms with Gasteiger partial charge in [0, 0.05) is 52.5 Å². The smallest absolute Gasteiger partial charge is 0.303 e. The molecule has 11 amide bonds. The van der Waals surface area contributed by atoms with Gasteiger partial charge >= 0.3 is 5.97 Å². The van der Waals surface area contributed by atoms with Gasteiger partial charge in [-0.1, -0.05) is 88.5 Å². The van der Waals surface area contributed by atoms with Crippen LogP contribution in [0.25, 0.3) is 0 Å². The molecule has 0 bridgehead atoms. The van der Waals surface area contributed by atoms with Crippen molar-refractivity contribution in [3.63, 3.8) is 0 Å². The highest BCUT2D eigenvalue weighted by atomic mass is 16.4. The highest BCUT2D eigenvalue weighted by molar-refractivity contribution is 5.99. The normalized spacial score (nSPS) is 17.4. The lowest BCUT2D eigenvalue weighted by molar-refractivity contribution is -0.139. The van der Waals surface area contributed by atoms with Crippen LogP contribution in [0.15, 0.2) is 72.5 Å². The van der Waals surface area contributed by atoms with Gasteiger partial charge in [0.05, 0.1) is 19.1 Å². The predicted molar refractivity (Wildman–Crippen MR) is 326 cm³/mol. The first-order valence-corrected chi connectivity index (χ1v) is 29.6. The first kappa shape index (κ1) is 73.9. The minimum atomic E-state index is -1.90. The monoisotopic (exact) mass is 1250 g/mol. The average Bonchev–Trinajstić information content (AvgIpc) is 3.28. The zero-order valence-electron chi connectivity index (χ0n) is 50.8. The second-order valence-electron chi connectivity index (χ2n) is 21.8. The Bertz CT molecular complexity index is 2760. The van der Waals surface area contributed by atoms with Gasteiger partial charge in [0.2, 0.25) is 65.0 Å². The molecule has 1 aliphatic carbocycles. The third-order valence-electron chi connectivity index (χ3n) is 14.4. The number of aliphatic hydroxyl groups is 1. The average molecular weight is 1250 g/mol. The van der Waals surface area contributed by atoms with E-state index in [0.29, 0.717) is 42.5 Å². The minimum Gasteiger partial charge on any atom is -0.508 e. The molecule has 1 saturated carbocycles. The van der Waals surface area contributed by atoms with Gasteiger partial charge in [-0.2, -0.15) is 0 Å². The molecule has 30 nitrogen and oxygen atoms in total. The Balaban J connectivity index is 1.81. The van der Waals surface area contributed by atoms with Crippen LogP contribution in [-0.2, 0) is 64.0 Å². The molecule has 20 N–H and O–H groups in total. The van der Waals surface area contributed by atoms with Gasteiger partial charge in [-0.3, -0.25) is 62.9 Å². The van der Waals surface area contributed by atoms with Crippen LogP contribution in [0.1, 0.15) is 116 Å². The van der Waals surface area contributed by atoms with Crippen molar-refractivity contribution in [1.29, 1.82) is 5.41 Å². The number of phenols is 1. The van der Waals surface area contributed by atoms with Crippen molar-refractivity contribution in [3.8, 4) is 5.75 Å². The first-order valence-electron chi connectivity index (χ1n) is 29.6. The fourth-order valence-electron chi connectivity index (χ4n) is 9.64. The lowest BCUT2D eigenvalue weighted by Gasteiger charge is -2.29. The molecule has 9 atom stereocenters. The second-order valence-corrected chi connectivity index (χ2v) is 21.8. The van der Waals surface area contributed by atoms with Crippen molar-refractivity contribution in [3.05, 3.63) is 78.1 Å². The number of carboxylic acids is 1. The summed E-state index contributed by atoms with van der Waals surface area (Å²) < 4.78 is 0. The molecule has 30 heteroatoms. The Morgan fingerprint density at radius 1 is 0.697 bits per heavy atom. The Morgan fingerprint density at radius 2 is 1.28 bits per heavy atom. The standard InChI is InChI=1S/C59H89N15O15/c1-6-14-40(53(84)69-41(18-13-26-65-59(62)63-5)54(85)71-43(51(61)82)29-38-31-64-25-12-8-9-15-33(38)2)68-48(79)32-66-52(83)44(27-36-16-10-7-11-17-36)73-58(89)50(34(3)75)74-57(88)46(30-47(60)78)72-55(86)42(23-24-49(80)81)70-56(87)45(67-35(4)76)28-37-19-21-39(77)22-20-37/h8-9,12,15,19-22,31,34,36,40-46,50,64,75,77H,2,6-7,10-11,13-14,16-18,23-30,32H2,1,3-5H3,(H2,60,78)(H2,61,82)(H,66,83)(H,67,76)(H,68,79)(H,69,84)(H,70,87)(H,71,85)(H,72,86)(H,73,89)(H,74,88)(H,80,81)(H3,62,63,65)/b12-8-,15-9-,38-31-/t34-,40+,41+,42+,43+,44+,45-,46+,50+/m1/s1. The van der Waals surface area contributed by atoms with Gasteiger partial charge in [-0.25, -0.2) is 0 Å². The van der Waals surface area contributed by atoms with Crippen LogP contribution in [0, 0.1) is 11.3 Å². The van der Waals surface area contributed by atoms with Gasteiger partial charge in [-0.15, -0.1) is 0 Å². The number of nitrogens with two attached hydrogens (primary N) is 2. The van der Waals surface area contributed by atoms with Crippen molar-refractivity contribution in [2.45, 2.75) is 172 Å². The van der Waals surface area contributed by atoms with Crippen molar-refractivity contribution in [2.24, 2.45) is 17.4 Å². The molecule has 0 radical (unpaired) electrons. The first-order chi connectivity index (χ1) is 42.2. The van der Waals surface area contributed by atoms with Crippen molar-refractivity contribution in [2.75, 3.05) is 26.7 Å². The molecule has 1 heterocycles. The second kappa shape index (κ2) is 38.7. The zero-order valence-corrected chi connectivity index (χ0v) is 50.8. The Kier molecular flexibility index (Phi) is 32.2. The molecule has 490 valence electrons. The quantitative estimate of drug-likeness (QED) is 0.0186. The number of phenolic OH excluding ortho intramolecular Hbond substituents is 1. The molecule has 1 aromatic carbocycles. The summed E-state index contributed by atoms with van der Waals surface area (Å²) in [6.45, 7) is 8.01. The molecule has 1 aromatic rings. The number of carbonyl (C=O) groups excluding carboxylic acids is 11. The highest BCUT2D eigenvalue weighted by Gasteiger charge is 2.37. The summed E-state index contributed by atoms with van der Waals surface area (Å²) in [4.78, 5) is 160. The molecular weight excluding hydrogens is 1160 g/mol. The van der Waals surface area contributed by atoms with Crippen LogP contribution in [-0.4, -0.2) is 173 Å². The number of guanidine groups is 1. The van der Waals surface area contributed by atoms with Gasteiger partial charge < -0.3 is 90.6 Å². The summed E-state index contributed by atoms with van der Waals surface area (Å²) in [7, 11) is 1.54. The summed E-state index contributed by atoms with van der Waals surface area (Å²) in [5.74, 6) is -11.9. The predicted octanol–water partition coefficient (Wildman–Crippen LogP) is -2.60. The van der Waals surface area contributed by atoms with E-state index in [1.807, 2.05) is 12.2 Å². The number of benzene rings is 1. The summed E-state index contributed by atoms with van der Waals surface area (Å²) in [6.07, 6.45) is 9.45. The Hall–Kier alpha value is -9.35. The van der Waals surface area contributed by atoms with E-state index in [9.17, 15) is 72.9 Å². The fourth-order valence-corrected chi connectivity index (χ4v) is 9.64. The maximum Gasteiger partial charge on any atom is 0.303 e. The molecule has 89 heavy (non-hydrogen) atoms. The fraction of sp³-hybridized carbons (Fsp3) is 0.542. The number of aliphatic carboxylic acids is 1. The maximum atomic E-state index is 14.1. The van der Waals surface area contributed by atoms with Crippen LogP contribution in [0.4, 0.5) is 0 Å². The SMILES string of the molecule is C=C1/C=C\C=C/CN/C=C\1C[C@H](NC(=O)[C@H](CCCNC(=N)NC)NC(=O)[C@H](CCC)NC(=O)CNC(=O)[C@H](CC1CCCCC1)NC(=O)[C@@H](NC(=O)[C@H](CC(N)=O)NC(=O)[C@H](CCC(=O)O)NC(=O)[C@@H](Cc1ccc(O)cc1)NC(C)=O)[C@@H](C)O)C(N)=O. The summed E-state index contributed by atoms with van der Waals surface area (Å²) in [5, 5.41) is 68.8. The van der Waals surface area contributed by atoms with Crippen molar-refractivity contribution < 1.29 is 72.9 Å². The van der Waals surface area contributed by atoms with E-state index < -0.39 is 151 Å². The summed E-state index contributed by atoms with van der Waals surface area (Å²) in [6, 6.07) is -6.31. The number of nitrogens with one attached hydrogen (secondary N) is 13. The van der Waals surface area contributed by atoms with E-state index in [4.69, 9.17) is 16.9 Å². The number of hydrogen-bond donors (Lipinski definition) is 18. The molecule has 0 aromatic heterocycles. The minimum absolute atomic E-state index is 0.00542. The lowest BCUT2D eigenvalue weighted by atomic mass is 9.84.